The van der Waals surface area contributed by atoms with Crippen LogP contribution in [0.4, 0.5) is 0 Å². The molecule has 1 spiro atoms. The molecule has 2 N–H and O–H groups in total. The molecule has 2 atom stereocenters. The van der Waals surface area contributed by atoms with Crippen molar-refractivity contribution in [1.82, 2.24) is 5.32 Å². The molecule has 1 aliphatic heterocycles. The highest BCUT2D eigenvalue weighted by molar-refractivity contribution is 4.93. The minimum atomic E-state index is -0.696. The van der Waals surface area contributed by atoms with Gasteiger partial charge in [-0.1, -0.05) is 19.3 Å². The van der Waals surface area contributed by atoms with Crippen LogP contribution in [-0.2, 0) is 9.47 Å². The van der Waals surface area contributed by atoms with Crippen molar-refractivity contribution in [3.63, 3.8) is 0 Å². The second-order valence-electron chi connectivity index (χ2n) is 6.89. The van der Waals surface area contributed by atoms with E-state index in [1.54, 1.807) is 7.11 Å². The lowest BCUT2D eigenvalue weighted by atomic mass is 9.83. The van der Waals surface area contributed by atoms with Gasteiger partial charge in [0.25, 0.3) is 0 Å². The summed E-state index contributed by atoms with van der Waals surface area (Å²) in [5, 5.41) is 13.7. The van der Waals surface area contributed by atoms with Crippen LogP contribution in [0.5, 0.6) is 0 Å². The molecule has 0 amide bonds. The number of nitrogens with one attached hydrogen (secondary N) is 1. The standard InChI is InChI=1S/C16H31NO3/c1-15(18,13-17-10-11-19-2)12-14-6-9-16(20-14)7-4-3-5-8-16/h14,17-18H,3-13H2,1-2H3. The monoisotopic (exact) mass is 285 g/mol. The van der Waals surface area contributed by atoms with Crippen molar-refractivity contribution in [3.05, 3.63) is 0 Å². The highest BCUT2D eigenvalue weighted by atomic mass is 16.5. The predicted molar refractivity (Wildman–Crippen MR) is 79.9 cm³/mol. The number of hydrogen-bond acceptors (Lipinski definition) is 4. The molecule has 20 heavy (non-hydrogen) atoms. The maximum Gasteiger partial charge on any atom is 0.0768 e. The van der Waals surface area contributed by atoms with E-state index in [-0.39, 0.29) is 11.7 Å². The lowest BCUT2D eigenvalue weighted by molar-refractivity contribution is -0.0889. The Kier molecular flexibility index (Phi) is 5.84. The summed E-state index contributed by atoms with van der Waals surface area (Å²) in [6, 6.07) is 0. The first-order valence-corrected chi connectivity index (χ1v) is 8.15. The van der Waals surface area contributed by atoms with Gasteiger partial charge in [0.15, 0.2) is 0 Å². The molecule has 1 heterocycles. The van der Waals surface area contributed by atoms with Gasteiger partial charge in [0.2, 0.25) is 0 Å². The molecule has 0 aromatic heterocycles. The fraction of sp³-hybridized carbons (Fsp3) is 1.00. The van der Waals surface area contributed by atoms with Crippen LogP contribution in [0.3, 0.4) is 0 Å². The van der Waals surface area contributed by atoms with Gasteiger partial charge in [-0.25, -0.2) is 0 Å². The number of methoxy groups -OCH3 is 1. The zero-order chi connectivity index (χ0) is 14.5. The van der Waals surface area contributed by atoms with Crippen LogP contribution < -0.4 is 5.32 Å². The Morgan fingerprint density at radius 2 is 2.05 bits per heavy atom. The highest BCUT2D eigenvalue weighted by Gasteiger charge is 2.42. The zero-order valence-corrected chi connectivity index (χ0v) is 13.1. The fourth-order valence-corrected chi connectivity index (χ4v) is 3.70. The van der Waals surface area contributed by atoms with Gasteiger partial charge in [-0.3, -0.25) is 0 Å². The summed E-state index contributed by atoms with van der Waals surface area (Å²) in [4.78, 5) is 0. The quantitative estimate of drug-likeness (QED) is 0.704. The zero-order valence-electron chi connectivity index (χ0n) is 13.1. The van der Waals surface area contributed by atoms with Crippen LogP contribution in [0.2, 0.25) is 0 Å². The Balaban J connectivity index is 1.72. The molecule has 1 saturated carbocycles. The maximum absolute atomic E-state index is 10.5. The van der Waals surface area contributed by atoms with Crippen LogP contribution in [0.1, 0.15) is 58.3 Å². The largest absolute Gasteiger partial charge is 0.389 e. The Bertz CT molecular complexity index is 287. The van der Waals surface area contributed by atoms with Gasteiger partial charge in [0, 0.05) is 26.6 Å². The van der Waals surface area contributed by atoms with E-state index in [0.29, 0.717) is 13.2 Å². The smallest absolute Gasteiger partial charge is 0.0768 e. The molecule has 4 nitrogen and oxygen atoms in total. The summed E-state index contributed by atoms with van der Waals surface area (Å²) in [6.07, 6.45) is 9.66. The summed E-state index contributed by atoms with van der Waals surface area (Å²) in [7, 11) is 1.69. The summed E-state index contributed by atoms with van der Waals surface area (Å²) in [5.41, 5.74) is -0.541. The van der Waals surface area contributed by atoms with Crippen LogP contribution in [0.15, 0.2) is 0 Å². The molecule has 2 aliphatic rings. The van der Waals surface area contributed by atoms with Gasteiger partial charge >= 0.3 is 0 Å². The lowest BCUT2D eigenvalue weighted by Crippen LogP contribution is -2.42. The van der Waals surface area contributed by atoms with E-state index >= 15 is 0 Å². The van der Waals surface area contributed by atoms with E-state index < -0.39 is 5.60 Å². The predicted octanol–water partition coefficient (Wildman–Crippen LogP) is 2.25. The van der Waals surface area contributed by atoms with Gasteiger partial charge in [-0.15, -0.1) is 0 Å². The van der Waals surface area contributed by atoms with Crippen molar-refractivity contribution in [2.24, 2.45) is 0 Å². The third-order valence-corrected chi connectivity index (χ3v) is 4.76. The van der Waals surface area contributed by atoms with E-state index in [1.165, 1.54) is 38.5 Å². The summed E-state index contributed by atoms with van der Waals surface area (Å²) in [6.45, 7) is 3.96. The normalized spacial score (nSPS) is 28.6. The van der Waals surface area contributed by atoms with E-state index in [2.05, 4.69) is 5.32 Å². The molecular weight excluding hydrogens is 254 g/mol. The van der Waals surface area contributed by atoms with Crippen LogP contribution >= 0.6 is 0 Å². The van der Waals surface area contributed by atoms with Gasteiger partial charge in [0.05, 0.1) is 23.9 Å². The fourth-order valence-electron chi connectivity index (χ4n) is 3.70. The Morgan fingerprint density at radius 3 is 2.75 bits per heavy atom. The van der Waals surface area contributed by atoms with Gasteiger partial charge < -0.3 is 19.9 Å². The molecule has 2 unspecified atom stereocenters. The Morgan fingerprint density at radius 1 is 1.30 bits per heavy atom. The number of hydrogen-bond donors (Lipinski definition) is 2. The van der Waals surface area contributed by atoms with Crippen molar-refractivity contribution in [2.75, 3.05) is 26.8 Å². The van der Waals surface area contributed by atoms with Crippen molar-refractivity contribution >= 4 is 0 Å². The lowest BCUT2D eigenvalue weighted by Gasteiger charge is -2.34. The van der Waals surface area contributed by atoms with E-state index in [4.69, 9.17) is 9.47 Å². The van der Waals surface area contributed by atoms with Crippen molar-refractivity contribution in [1.29, 1.82) is 0 Å². The van der Waals surface area contributed by atoms with Gasteiger partial charge in [-0.2, -0.15) is 0 Å². The first-order valence-electron chi connectivity index (χ1n) is 8.15. The molecule has 0 radical (unpaired) electrons. The third kappa shape index (κ3) is 4.69. The average molecular weight is 285 g/mol. The van der Waals surface area contributed by atoms with Crippen LogP contribution in [0, 0.1) is 0 Å². The molecule has 1 saturated heterocycles. The van der Waals surface area contributed by atoms with Gasteiger partial charge in [-0.05, 0) is 32.6 Å². The second-order valence-corrected chi connectivity index (χ2v) is 6.89. The number of aliphatic hydroxyl groups is 1. The SMILES string of the molecule is COCCNCC(C)(O)CC1CCC2(CCCCC2)O1. The van der Waals surface area contributed by atoms with Crippen LogP contribution in [-0.4, -0.2) is 49.2 Å². The molecule has 0 aromatic carbocycles. The molecule has 0 aromatic rings. The van der Waals surface area contributed by atoms with E-state index in [1.807, 2.05) is 6.92 Å². The van der Waals surface area contributed by atoms with Crippen LogP contribution in [0.25, 0.3) is 0 Å². The average Bonchev–Trinajstić information content (AvgIpc) is 2.77. The molecule has 118 valence electrons. The molecule has 2 fully saturated rings. The van der Waals surface area contributed by atoms with Gasteiger partial charge in [0.1, 0.15) is 0 Å². The first kappa shape index (κ1) is 16.2. The van der Waals surface area contributed by atoms with Crippen molar-refractivity contribution < 1.29 is 14.6 Å². The van der Waals surface area contributed by atoms with Crippen molar-refractivity contribution in [3.8, 4) is 0 Å². The minimum absolute atomic E-state index is 0.155. The third-order valence-electron chi connectivity index (χ3n) is 4.76. The molecular formula is C16H31NO3. The maximum atomic E-state index is 10.5. The topological polar surface area (TPSA) is 50.7 Å². The van der Waals surface area contributed by atoms with E-state index in [0.717, 1.165) is 19.4 Å². The number of rotatable bonds is 7. The summed E-state index contributed by atoms with van der Waals surface area (Å²) in [5.74, 6) is 0. The highest BCUT2D eigenvalue weighted by Crippen LogP contribution is 2.43. The number of ether oxygens (including phenoxy) is 2. The minimum Gasteiger partial charge on any atom is -0.389 e. The molecule has 1 aliphatic carbocycles. The summed E-state index contributed by atoms with van der Waals surface area (Å²) >= 11 is 0. The van der Waals surface area contributed by atoms with Crippen molar-refractivity contribution in [2.45, 2.75) is 75.6 Å². The summed E-state index contributed by atoms with van der Waals surface area (Å²) < 4.78 is 11.3. The molecule has 0 bridgehead atoms. The Hall–Kier alpha value is -0.160. The molecule has 2 rings (SSSR count). The Labute approximate surface area is 123 Å². The van der Waals surface area contributed by atoms with E-state index in [9.17, 15) is 5.11 Å². The first-order chi connectivity index (χ1) is 9.55. The second kappa shape index (κ2) is 7.21. The molecule has 4 heteroatoms.